The molecule has 2 saturated heterocycles. The van der Waals surface area contributed by atoms with Gasteiger partial charge in [-0.3, -0.25) is 4.90 Å². The van der Waals surface area contributed by atoms with Gasteiger partial charge in [0.2, 0.25) is 0 Å². The lowest BCUT2D eigenvalue weighted by molar-refractivity contribution is -0.00206. The summed E-state index contributed by atoms with van der Waals surface area (Å²) in [6, 6.07) is 9.94. The van der Waals surface area contributed by atoms with Crippen molar-refractivity contribution in [3.8, 4) is 5.75 Å². The number of rotatable bonds is 4. The van der Waals surface area contributed by atoms with E-state index in [1.807, 2.05) is 44.2 Å². The first-order chi connectivity index (χ1) is 9.94. The molecule has 0 amide bonds. The van der Waals surface area contributed by atoms with Gasteiger partial charge >= 0.3 is 0 Å². The molecule has 21 heavy (non-hydrogen) atoms. The van der Waals surface area contributed by atoms with E-state index < -0.39 is 5.60 Å². The van der Waals surface area contributed by atoms with Crippen LogP contribution in [-0.2, 0) is 4.74 Å². The molecule has 2 fully saturated rings. The van der Waals surface area contributed by atoms with Gasteiger partial charge in [-0.2, -0.15) is 0 Å². The van der Waals surface area contributed by atoms with E-state index in [1.54, 1.807) is 0 Å². The molecule has 4 heteroatoms. The maximum Gasteiger partial charge on any atom is 0.125 e. The standard InChI is InChI=1S/C17H25NO3/c1-16(2,19)12-18-9-8-17(13-18)10-15(11-20-17)21-14-6-4-3-5-7-14/h3-7,15,19H,8-13H2,1-2H3. The van der Waals surface area contributed by atoms with E-state index in [-0.39, 0.29) is 11.7 Å². The minimum absolute atomic E-state index is 0.0787. The molecule has 1 N–H and O–H groups in total. The molecule has 2 unspecified atom stereocenters. The van der Waals surface area contributed by atoms with Crippen LogP contribution in [0.4, 0.5) is 0 Å². The van der Waals surface area contributed by atoms with E-state index in [0.29, 0.717) is 13.2 Å². The summed E-state index contributed by atoms with van der Waals surface area (Å²) < 4.78 is 12.1. The van der Waals surface area contributed by atoms with Crippen LogP contribution in [0.5, 0.6) is 5.75 Å². The second-order valence-corrected chi connectivity index (χ2v) is 7.02. The first kappa shape index (κ1) is 14.8. The van der Waals surface area contributed by atoms with Gasteiger partial charge in [0.05, 0.1) is 17.8 Å². The summed E-state index contributed by atoms with van der Waals surface area (Å²) >= 11 is 0. The van der Waals surface area contributed by atoms with Crippen molar-refractivity contribution >= 4 is 0 Å². The molecule has 0 bridgehead atoms. The van der Waals surface area contributed by atoms with E-state index in [9.17, 15) is 5.11 Å². The largest absolute Gasteiger partial charge is 0.488 e. The third-order valence-electron chi connectivity index (χ3n) is 4.23. The summed E-state index contributed by atoms with van der Waals surface area (Å²) in [7, 11) is 0. The fourth-order valence-electron chi connectivity index (χ4n) is 3.46. The normalized spacial score (nSPS) is 30.1. The Labute approximate surface area is 126 Å². The van der Waals surface area contributed by atoms with Gasteiger partial charge in [-0.1, -0.05) is 18.2 Å². The van der Waals surface area contributed by atoms with Crippen LogP contribution in [0.15, 0.2) is 30.3 Å². The summed E-state index contributed by atoms with van der Waals surface area (Å²) in [4.78, 5) is 2.30. The van der Waals surface area contributed by atoms with Gasteiger partial charge in [0.1, 0.15) is 11.9 Å². The molecule has 3 rings (SSSR count). The van der Waals surface area contributed by atoms with Crippen LogP contribution < -0.4 is 4.74 Å². The molecule has 0 aliphatic carbocycles. The molecule has 0 aromatic heterocycles. The molecule has 2 heterocycles. The van der Waals surface area contributed by atoms with Gasteiger partial charge in [0.25, 0.3) is 0 Å². The fourth-order valence-corrected chi connectivity index (χ4v) is 3.46. The first-order valence-corrected chi connectivity index (χ1v) is 7.75. The Balaban J connectivity index is 1.55. The third kappa shape index (κ3) is 3.76. The zero-order valence-electron chi connectivity index (χ0n) is 12.9. The van der Waals surface area contributed by atoms with Crippen LogP contribution in [0.25, 0.3) is 0 Å². The fraction of sp³-hybridized carbons (Fsp3) is 0.647. The maximum atomic E-state index is 9.95. The SMILES string of the molecule is CC(C)(O)CN1CCC2(CC(Oc3ccccc3)CO2)C1. The van der Waals surface area contributed by atoms with Crippen molar-refractivity contribution < 1.29 is 14.6 Å². The number of likely N-dealkylation sites (tertiary alicyclic amines) is 1. The molecule has 0 saturated carbocycles. The topological polar surface area (TPSA) is 41.9 Å². The van der Waals surface area contributed by atoms with E-state index >= 15 is 0 Å². The number of aliphatic hydroxyl groups is 1. The van der Waals surface area contributed by atoms with Crippen molar-refractivity contribution in [3.63, 3.8) is 0 Å². The Kier molecular flexibility index (Phi) is 3.95. The number of benzene rings is 1. The summed E-state index contributed by atoms with van der Waals surface area (Å²) in [6.07, 6.45) is 2.09. The molecule has 2 atom stereocenters. The number of ether oxygens (including phenoxy) is 2. The molecule has 2 aliphatic rings. The quantitative estimate of drug-likeness (QED) is 0.922. The number of β-amino-alcohol motifs (C(OH)–C–C–N with tert-alkyl or cyclic N) is 1. The van der Waals surface area contributed by atoms with E-state index in [0.717, 1.165) is 31.7 Å². The van der Waals surface area contributed by atoms with Gasteiger partial charge in [-0.25, -0.2) is 0 Å². The predicted octanol–water partition coefficient (Wildman–Crippen LogP) is 2.07. The van der Waals surface area contributed by atoms with Crippen molar-refractivity contribution in [2.24, 2.45) is 0 Å². The molecular formula is C17H25NO3. The highest BCUT2D eigenvalue weighted by molar-refractivity contribution is 5.21. The average Bonchev–Trinajstić information content (AvgIpc) is 2.97. The Bertz CT molecular complexity index is 471. The number of hydrogen-bond acceptors (Lipinski definition) is 4. The van der Waals surface area contributed by atoms with Gasteiger partial charge < -0.3 is 14.6 Å². The smallest absolute Gasteiger partial charge is 0.125 e. The minimum atomic E-state index is -0.649. The molecule has 2 aliphatic heterocycles. The Morgan fingerprint density at radius 2 is 2.14 bits per heavy atom. The van der Waals surface area contributed by atoms with Crippen LogP contribution in [0, 0.1) is 0 Å². The molecule has 1 aromatic rings. The second-order valence-electron chi connectivity index (χ2n) is 7.02. The van der Waals surface area contributed by atoms with Crippen molar-refractivity contribution in [1.82, 2.24) is 4.90 Å². The Hall–Kier alpha value is -1.10. The van der Waals surface area contributed by atoms with Crippen LogP contribution >= 0.6 is 0 Å². The molecular weight excluding hydrogens is 266 g/mol. The van der Waals surface area contributed by atoms with Gasteiger partial charge in [-0.05, 0) is 32.4 Å². The van der Waals surface area contributed by atoms with Gasteiger partial charge in [0.15, 0.2) is 0 Å². The monoisotopic (exact) mass is 291 g/mol. The van der Waals surface area contributed by atoms with Crippen molar-refractivity contribution in [3.05, 3.63) is 30.3 Å². The Morgan fingerprint density at radius 3 is 2.86 bits per heavy atom. The second kappa shape index (κ2) is 5.59. The van der Waals surface area contributed by atoms with E-state index in [1.165, 1.54) is 0 Å². The zero-order valence-corrected chi connectivity index (χ0v) is 12.9. The van der Waals surface area contributed by atoms with Crippen LogP contribution in [-0.4, -0.2) is 53.6 Å². The highest BCUT2D eigenvalue weighted by Crippen LogP contribution is 2.36. The lowest BCUT2D eigenvalue weighted by atomic mass is 9.98. The number of hydrogen-bond donors (Lipinski definition) is 1. The molecule has 1 aromatic carbocycles. The molecule has 116 valence electrons. The van der Waals surface area contributed by atoms with Crippen molar-refractivity contribution in [2.75, 3.05) is 26.2 Å². The summed E-state index contributed by atoms with van der Waals surface area (Å²) in [5.41, 5.74) is -0.727. The summed E-state index contributed by atoms with van der Waals surface area (Å²) in [5.74, 6) is 0.912. The molecule has 1 spiro atoms. The highest BCUT2D eigenvalue weighted by atomic mass is 16.6. The van der Waals surface area contributed by atoms with Gasteiger partial charge in [-0.15, -0.1) is 0 Å². The van der Waals surface area contributed by atoms with Crippen LogP contribution in [0.1, 0.15) is 26.7 Å². The van der Waals surface area contributed by atoms with E-state index in [4.69, 9.17) is 9.47 Å². The first-order valence-electron chi connectivity index (χ1n) is 7.75. The maximum absolute atomic E-state index is 9.95. The minimum Gasteiger partial charge on any atom is -0.488 e. The van der Waals surface area contributed by atoms with E-state index in [2.05, 4.69) is 4.90 Å². The number of para-hydroxylation sites is 1. The lowest BCUT2D eigenvalue weighted by Crippen LogP contribution is -2.40. The van der Waals surface area contributed by atoms with Crippen molar-refractivity contribution in [2.45, 2.75) is 44.0 Å². The zero-order chi connectivity index (χ0) is 14.9. The highest BCUT2D eigenvalue weighted by Gasteiger charge is 2.46. The van der Waals surface area contributed by atoms with Gasteiger partial charge in [0, 0.05) is 26.1 Å². The molecule has 0 radical (unpaired) electrons. The summed E-state index contributed by atoms with van der Waals surface area (Å²) in [6.45, 7) is 6.95. The van der Waals surface area contributed by atoms with Crippen molar-refractivity contribution in [1.29, 1.82) is 0 Å². The average molecular weight is 291 g/mol. The third-order valence-corrected chi connectivity index (χ3v) is 4.23. The molecule has 4 nitrogen and oxygen atoms in total. The van der Waals surface area contributed by atoms with Crippen LogP contribution in [0.2, 0.25) is 0 Å². The Morgan fingerprint density at radius 1 is 1.38 bits per heavy atom. The van der Waals surface area contributed by atoms with Crippen LogP contribution in [0.3, 0.4) is 0 Å². The lowest BCUT2D eigenvalue weighted by Gasteiger charge is -2.27. The predicted molar refractivity (Wildman–Crippen MR) is 81.5 cm³/mol. The summed E-state index contributed by atoms with van der Waals surface area (Å²) in [5, 5.41) is 9.95. The number of nitrogens with zero attached hydrogens (tertiary/aromatic N) is 1.